The van der Waals surface area contributed by atoms with E-state index in [4.69, 9.17) is 16.3 Å². The molecule has 152 valence electrons. The van der Waals surface area contributed by atoms with Crippen LogP contribution in [0.25, 0.3) is 16.3 Å². The molecule has 3 N–H and O–H groups in total. The summed E-state index contributed by atoms with van der Waals surface area (Å²) in [7, 11) is 0. The third-order valence-corrected chi connectivity index (χ3v) is 5.33. The first-order valence-electron chi connectivity index (χ1n) is 8.89. The van der Waals surface area contributed by atoms with Crippen LogP contribution in [0.3, 0.4) is 0 Å². The van der Waals surface area contributed by atoms with E-state index >= 15 is 0 Å². The largest absolute Gasteiger partial charge is 0.493 e. The number of hydrazine groups is 1. The Balaban J connectivity index is 1.28. The molecule has 10 heteroatoms. The molecule has 8 nitrogen and oxygen atoms in total. The standard InChI is InChI=1S/C20H15ClN4O4S/c21-12-3-6-15-16(10-12)30-20(22-15)23-17(26)7-8-29-13-4-1-11(2-5-13)9-14-18(27)24-25-19(14)28/h1-6,9-10H,7-8H2,(H,24,27)(H,25,28)(H,22,23,26). The predicted molar refractivity (Wildman–Crippen MR) is 114 cm³/mol. The first kappa shape index (κ1) is 19.9. The summed E-state index contributed by atoms with van der Waals surface area (Å²) in [5, 5.41) is 3.89. The van der Waals surface area contributed by atoms with Crippen molar-refractivity contribution in [2.24, 2.45) is 0 Å². The third-order valence-electron chi connectivity index (χ3n) is 4.16. The van der Waals surface area contributed by atoms with Crippen LogP contribution in [0.15, 0.2) is 48.0 Å². The van der Waals surface area contributed by atoms with E-state index in [0.29, 0.717) is 21.5 Å². The van der Waals surface area contributed by atoms with Gasteiger partial charge in [0.05, 0.1) is 23.2 Å². The average Bonchev–Trinajstić information content (AvgIpc) is 3.26. The molecule has 1 fully saturated rings. The lowest BCUT2D eigenvalue weighted by molar-refractivity contribution is -0.118. The summed E-state index contributed by atoms with van der Waals surface area (Å²) in [5.74, 6) is -0.579. The minimum Gasteiger partial charge on any atom is -0.493 e. The lowest BCUT2D eigenvalue weighted by Gasteiger charge is -2.06. The number of benzene rings is 2. The number of aromatic nitrogens is 1. The molecule has 30 heavy (non-hydrogen) atoms. The van der Waals surface area contributed by atoms with E-state index in [2.05, 4.69) is 21.2 Å². The first-order chi connectivity index (χ1) is 14.5. The van der Waals surface area contributed by atoms with Crippen LogP contribution in [0.2, 0.25) is 5.02 Å². The highest BCUT2D eigenvalue weighted by atomic mass is 35.5. The van der Waals surface area contributed by atoms with E-state index in [0.717, 1.165) is 10.2 Å². The van der Waals surface area contributed by atoms with Crippen LogP contribution >= 0.6 is 22.9 Å². The van der Waals surface area contributed by atoms with E-state index in [9.17, 15) is 14.4 Å². The van der Waals surface area contributed by atoms with E-state index in [-0.39, 0.29) is 24.5 Å². The zero-order valence-electron chi connectivity index (χ0n) is 15.4. The van der Waals surface area contributed by atoms with Gasteiger partial charge in [-0.3, -0.25) is 25.2 Å². The van der Waals surface area contributed by atoms with Crippen molar-refractivity contribution in [1.82, 2.24) is 15.8 Å². The molecular weight excluding hydrogens is 428 g/mol. The van der Waals surface area contributed by atoms with Gasteiger partial charge in [-0.15, -0.1) is 0 Å². The summed E-state index contributed by atoms with van der Waals surface area (Å²) < 4.78 is 6.48. The van der Waals surface area contributed by atoms with E-state index in [1.807, 2.05) is 0 Å². The number of anilines is 1. The summed E-state index contributed by atoms with van der Waals surface area (Å²) in [6.45, 7) is 0.188. The number of halogens is 1. The van der Waals surface area contributed by atoms with Gasteiger partial charge in [0, 0.05) is 5.02 Å². The quantitative estimate of drug-likeness (QED) is 0.401. The second kappa shape index (κ2) is 8.52. The number of rotatable bonds is 6. The lowest BCUT2D eigenvalue weighted by Crippen LogP contribution is -2.28. The molecule has 0 bridgehead atoms. The number of thiazole rings is 1. The maximum Gasteiger partial charge on any atom is 0.275 e. The Labute approximate surface area is 179 Å². The van der Waals surface area contributed by atoms with Crippen LogP contribution in [-0.2, 0) is 14.4 Å². The Kier molecular flexibility index (Phi) is 5.64. The molecule has 0 atom stereocenters. The smallest absolute Gasteiger partial charge is 0.275 e. The summed E-state index contributed by atoms with van der Waals surface area (Å²) in [5.41, 5.74) is 5.97. The Morgan fingerprint density at radius 2 is 1.87 bits per heavy atom. The molecule has 3 aromatic rings. The monoisotopic (exact) mass is 442 g/mol. The molecule has 1 saturated heterocycles. The number of nitrogens with one attached hydrogen (secondary N) is 3. The number of ether oxygens (including phenoxy) is 1. The van der Waals surface area contributed by atoms with Gasteiger partial charge in [0.15, 0.2) is 5.13 Å². The van der Waals surface area contributed by atoms with Gasteiger partial charge in [-0.2, -0.15) is 0 Å². The minimum absolute atomic E-state index is 0.0393. The van der Waals surface area contributed by atoms with Gasteiger partial charge in [-0.05, 0) is 42.0 Å². The highest BCUT2D eigenvalue weighted by molar-refractivity contribution is 7.22. The average molecular weight is 443 g/mol. The Morgan fingerprint density at radius 3 is 2.60 bits per heavy atom. The van der Waals surface area contributed by atoms with Gasteiger partial charge in [0.2, 0.25) is 5.91 Å². The molecule has 0 unspecified atom stereocenters. The van der Waals surface area contributed by atoms with Crippen molar-refractivity contribution in [3.63, 3.8) is 0 Å². The number of amides is 3. The number of carbonyl (C=O) groups is 3. The van der Waals surface area contributed by atoms with Crippen LogP contribution in [0.4, 0.5) is 5.13 Å². The molecule has 0 radical (unpaired) electrons. The number of fused-ring (bicyclic) bond motifs is 1. The van der Waals surface area contributed by atoms with Crippen molar-refractivity contribution in [1.29, 1.82) is 0 Å². The maximum atomic E-state index is 12.1. The van der Waals surface area contributed by atoms with Crippen LogP contribution in [-0.4, -0.2) is 29.3 Å². The highest BCUT2D eigenvalue weighted by Gasteiger charge is 2.24. The van der Waals surface area contributed by atoms with Crippen LogP contribution < -0.4 is 20.9 Å². The minimum atomic E-state index is -0.470. The van der Waals surface area contributed by atoms with Gasteiger partial charge in [-0.1, -0.05) is 35.1 Å². The Hall–Kier alpha value is -3.43. The van der Waals surface area contributed by atoms with Gasteiger partial charge in [-0.25, -0.2) is 4.98 Å². The molecule has 1 aliphatic heterocycles. The molecule has 3 amide bonds. The molecule has 1 aliphatic rings. The summed E-state index contributed by atoms with van der Waals surface area (Å²) in [4.78, 5) is 39.5. The highest BCUT2D eigenvalue weighted by Crippen LogP contribution is 2.28. The topological polar surface area (TPSA) is 109 Å². The van der Waals surface area contributed by atoms with Crippen molar-refractivity contribution in [3.05, 3.63) is 58.6 Å². The summed E-state index contributed by atoms with van der Waals surface area (Å²) >= 11 is 7.32. The van der Waals surface area contributed by atoms with Gasteiger partial charge >= 0.3 is 0 Å². The number of hydrogen-bond acceptors (Lipinski definition) is 6. The normalized spacial score (nSPS) is 13.2. The fraction of sp³-hybridized carbons (Fsp3) is 0.100. The van der Waals surface area contributed by atoms with Crippen LogP contribution in [0, 0.1) is 0 Å². The molecule has 0 aliphatic carbocycles. The van der Waals surface area contributed by atoms with Crippen LogP contribution in [0.5, 0.6) is 5.75 Å². The van der Waals surface area contributed by atoms with Gasteiger partial charge in [0.1, 0.15) is 11.3 Å². The molecule has 1 aromatic heterocycles. The zero-order valence-corrected chi connectivity index (χ0v) is 17.0. The number of hydrogen-bond donors (Lipinski definition) is 3. The molecule has 0 spiro atoms. The Bertz CT molecular complexity index is 1160. The van der Waals surface area contributed by atoms with Crippen molar-refractivity contribution < 1.29 is 19.1 Å². The zero-order chi connectivity index (χ0) is 21.1. The summed E-state index contributed by atoms with van der Waals surface area (Å²) in [6.07, 6.45) is 1.64. The lowest BCUT2D eigenvalue weighted by atomic mass is 10.1. The number of carbonyl (C=O) groups excluding carboxylic acids is 3. The fourth-order valence-corrected chi connectivity index (χ4v) is 3.86. The first-order valence-corrected chi connectivity index (χ1v) is 10.1. The van der Waals surface area contributed by atoms with Crippen molar-refractivity contribution >= 4 is 62.1 Å². The van der Waals surface area contributed by atoms with Crippen molar-refractivity contribution in [2.45, 2.75) is 6.42 Å². The molecular formula is C20H15ClN4O4S. The van der Waals surface area contributed by atoms with Crippen LogP contribution in [0.1, 0.15) is 12.0 Å². The van der Waals surface area contributed by atoms with E-state index < -0.39 is 11.8 Å². The van der Waals surface area contributed by atoms with Crippen molar-refractivity contribution in [2.75, 3.05) is 11.9 Å². The molecule has 2 heterocycles. The Morgan fingerprint density at radius 1 is 1.13 bits per heavy atom. The van der Waals surface area contributed by atoms with Gasteiger partial charge < -0.3 is 10.1 Å². The predicted octanol–water partition coefficient (Wildman–Crippen LogP) is 2.90. The van der Waals surface area contributed by atoms with E-state index in [1.165, 1.54) is 17.4 Å². The van der Waals surface area contributed by atoms with Gasteiger partial charge in [0.25, 0.3) is 11.8 Å². The third kappa shape index (κ3) is 4.58. The maximum absolute atomic E-state index is 12.1. The molecule has 4 rings (SSSR count). The summed E-state index contributed by atoms with van der Waals surface area (Å²) in [6, 6.07) is 12.2. The molecule has 0 saturated carbocycles. The van der Waals surface area contributed by atoms with E-state index in [1.54, 1.807) is 42.5 Å². The fourth-order valence-electron chi connectivity index (χ4n) is 2.70. The number of nitrogens with zero attached hydrogens (tertiary/aromatic N) is 1. The second-order valence-electron chi connectivity index (χ2n) is 6.31. The van der Waals surface area contributed by atoms with Crippen molar-refractivity contribution in [3.8, 4) is 5.75 Å². The molecule has 2 aromatic carbocycles. The second-order valence-corrected chi connectivity index (χ2v) is 7.78. The SMILES string of the molecule is O=C(CCOc1ccc(C=C2C(=O)NNC2=O)cc1)Nc1nc2ccc(Cl)cc2s1.